The van der Waals surface area contributed by atoms with E-state index < -0.39 is 97.5 Å². The van der Waals surface area contributed by atoms with Gasteiger partial charge in [0.15, 0.2) is 12.2 Å². The molecule has 78 heavy (non-hydrogen) atoms. The molecule has 462 valence electrons. The Hall–Kier alpha value is -1.94. The lowest BCUT2D eigenvalue weighted by molar-refractivity contribution is -0.161. The lowest BCUT2D eigenvalue weighted by atomic mass is 10.0. The molecular weight excluding hydrogens is 1040 g/mol. The third-order valence-corrected chi connectivity index (χ3v) is 15.4. The number of hydrogen-bond acceptors (Lipinski definition) is 15. The van der Waals surface area contributed by atoms with Crippen molar-refractivity contribution < 1.29 is 80.2 Å². The molecule has 0 amide bonds. The predicted molar refractivity (Wildman–Crippen MR) is 308 cm³/mol. The highest BCUT2D eigenvalue weighted by molar-refractivity contribution is 7.47. The first-order valence-electron chi connectivity index (χ1n) is 31.1. The van der Waals surface area contributed by atoms with Crippen molar-refractivity contribution in [2.75, 3.05) is 39.6 Å². The van der Waals surface area contributed by atoms with Crippen molar-refractivity contribution in [2.24, 2.45) is 5.92 Å². The van der Waals surface area contributed by atoms with E-state index in [0.29, 0.717) is 31.6 Å². The molecule has 3 N–H and O–H groups in total. The molecule has 0 aliphatic heterocycles. The summed E-state index contributed by atoms with van der Waals surface area (Å²) in [6.07, 6.45) is 35.0. The summed E-state index contributed by atoms with van der Waals surface area (Å²) in [6, 6.07) is 0. The van der Waals surface area contributed by atoms with Gasteiger partial charge < -0.3 is 33.8 Å². The number of phosphoric acid groups is 2. The van der Waals surface area contributed by atoms with Gasteiger partial charge in [-0.2, -0.15) is 0 Å². The third kappa shape index (κ3) is 53.4. The number of hydrogen-bond donors (Lipinski definition) is 3. The molecule has 0 bridgehead atoms. The van der Waals surface area contributed by atoms with Crippen molar-refractivity contribution in [1.82, 2.24) is 0 Å². The minimum atomic E-state index is -4.94. The summed E-state index contributed by atoms with van der Waals surface area (Å²) in [4.78, 5) is 71.8. The first-order chi connectivity index (χ1) is 37.5. The van der Waals surface area contributed by atoms with E-state index in [0.717, 1.165) is 103 Å². The molecule has 0 heterocycles. The summed E-state index contributed by atoms with van der Waals surface area (Å²) in [7, 11) is -9.87. The molecule has 0 aromatic heterocycles. The van der Waals surface area contributed by atoms with Crippen LogP contribution >= 0.6 is 15.6 Å². The standard InChI is InChI=1S/C59H114O17P2/c1-6-9-12-15-18-21-22-23-25-28-35-40-45-59(64)76-55(49-70-57(62)43-38-33-30-29-31-36-41-52(4)5)51-74-78(67,68)72-47-53(60)46-71-77(65,66)73-50-54(48-69-56(61)42-37-32-26-20-17-14-11-8-3)75-58(63)44-39-34-27-24-19-16-13-10-7-2/h52-55,60H,6-51H2,1-5H3,(H,65,66)(H,67,68)/t53-,54+,55+/m0/s1. The first-order valence-corrected chi connectivity index (χ1v) is 34.1. The fourth-order valence-electron chi connectivity index (χ4n) is 8.70. The molecule has 5 atom stereocenters. The van der Waals surface area contributed by atoms with Crippen molar-refractivity contribution in [1.29, 1.82) is 0 Å². The van der Waals surface area contributed by atoms with Gasteiger partial charge in [0, 0.05) is 25.7 Å². The molecule has 0 aliphatic carbocycles. The van der Waals surface area contributed by atoms with E-state index in [1.807, 2.05) is 0 Å². The van der Waals surface area contributed by atoms with E-state index in [9.17, 15) is 43.2 Å². The molecule has 0 saturated carbocycles. The number of ether oxygens (including phenoxy) is 4. The zero-order chi connectivity index (χ0) is 57.8. The number of phosphoric ester groups is 2. The topological polar surface area (TPSA) is 237 Å². The van der Waals surface area contributed by atoms with Crippen LogP contribution in [0.15, 0.2) is 0 Å². The molecule has 0 saturated heterocycles. The van der Waals surface area contributed by atoms with Crippen LogP contribution in [0.3, 0.4) is 0 Å². The van der Waals surface area contributed by atoms with Gasteiger partial charge in [0.25, 0.3) is 0 Å². The number of esters is 4. The van der Waals surface area contributed by atoms with Crippen LogP contribution in [0.25, 0.3) is 0 Å². The smallest absolute Gasteiger partial charge is 0.462 e. The third-order valence-electron chi connectivity index (χ3n) is 13.5. The molecule has 0 aliphatic rings. The lowest BCUT2D eigenvalue weighted by Gasteiger charge is -2.21. The zero-order valence-electron chi connectivity index (χ0n) is 49.8. The monoisotopic (exact) mass is 1160 g/mol. The normalized spacial score (nSPS) is 14.4. The summed E-state index contributed by atoms with van der Waals surface area (Å²) in [5.41, 5.74) is 0. The maximum atomic E-state index is 12.9. The highest BCUT2D eigenvalue weighted by Gasteiger charge is 2.30. The summed E-state index contributed by atoms with van der Waals surface area (Å²) in [5, 5.41) is 10.5. The maximum Gasteiger partial charge on any atom is 0.472 e. The first kappa shape index (κ1) is 76.1. The van der Waals surface area contributed by atoms with E-state index in [1.165, 1.54) is 103 Å². The molecule has 19 heteroatoms. The molecule has 0 aromatic rings. The van der Waals surface area contributed by atoms with Crippen LogP contribution in [0.1, 0.15) is 291 Å². The van der Waals surface area contributed by atoms with Crippen LogP contribution in [-0.4, -0.2) is 96.7 Å². The predicted octanol–water partition coefficient (Wildman–Crippen LogP) is 15.8. The average molecular weight is 1160 g/mol. The number of carbonyl (C=O) groups is 4. The van der Waals surface area contributed by atoms with E-state index in [2.05, 4.69) is 34.6 Å². The molecule has 0 radical (unpaired) electrons. The highest BCUT2D eigenvalue weighted by atomic mass is 31.2. The average Bonchev–Trinajstić information content (AvgIpc) is 3.40. The van der Waals surface area contributed by atoms with E-state index in [-0.39, 0.29) is 25.7 Å². The summed E-state index contributed by atoms with van der Waals surface area (Å²) in [6.45, 7) is 7.03. The second kappa shape index (κ2) is 53.1. The van der Waals surface area contributed by atoms with Crippen LogP contribution in [0, 0.1) is 5.92 Å². The summed E-state index contributed by atoms with van der Waals surface area (Å²) >= 11 is 0. The highest BCUT2D eigenvalue weighted by Crippen LogP contribution is 2.45. The Kier molecular flexibility index (Phi) is 51.8. The molecular formula is C59H114O17P2. The second-order valence-corrected chi connectivity index (χ2v) is 24.8. The minimum Gasteiger partial charge on any atom is -0.462 e. The van der Waals surface area contributed by atoms with Crippen LogP contribution in [-0.2, 0) is 65.4 Å². The second-order valence-electron chi connectivity index (χ2n) is 21.9. The Labute approximate surface area is 473 Å². The van der Waals surface area contributed by atoms with Gasteiger partial charge in [-0.15, -0.1) is 0 Å². The Balaban J connectivity index is 5.22. The van der Waals surface area contributed by atoms with Crippen LogP contribution < -0.4 is 0 Å². The van der Waals surface area contributed by atoms with Crippen LogP contribution in [0.4, 0.5) is 0 Å². The summed E-state index contributed by atoms with van der Waals surface area (Å²) < 4.78 is 67.7. The Morgan fingerprint density at radius 3 is 0.872 bits per heavy atom. The van der Waals surface area contributed by atoms with Crippen molar-refractivity contribution in [3.63, 3.8) is 0 Å². The molecule has 0 rings (SSSR count). The Bertz CT molecular complexity index is 1530. The lowest BCUT2D eigenvalue weighted by Crippen LogP contribution is -2.30. The summed E-state index contributed by atoms with van der Waals surface area (Å²) in [5.74, 6) is -1.46. The molecule has 0 aromatic carbocycles. The van der Waals surface area contributed by atoms with E-state index in [1.54, 1.807) is 0 Å². The van der Waals surface area contributed by atoms with Gasteiger partial charge in [-0.3, -0.25) is 37.3 Å². The Morgan fingerprint density at radius 2 is 0.590 bits per heavy atom. The number of carbonyl (C=O) groups excluding carboxylic acids is 4. The number of aliphatic hydroxyl groups excluding tert-OH is 1. The minimum absolute atomic E-state index is 0.105. The Morgan fingerprint density at radius 1 is 0.346 bits per heavy atom. The largest absolute Gasteiger partial charge is 0.472 e. The van der Waals surface area contributed by atoms with Gasteiger partial charge in [-0.1, -0.05) is 240 Å². The van der Waals surface area contributed by atoms with Gasteiger partial charge in [0.2, 0.25) is 0 Å². The maximum absolute atomic E-state index is 12.9. The van der Waals surface area contributed by atoms with Gasteiger partial charge in [-0.05, 0) is 31.6 Å². The molecule has 0 fully saturated rings. The zero-order valence-corrected chi connectivity index (χ0v) is 51.6. The molecule has 17 nitrogen and oxygen atoms in total. The fourth-order valence-corrected chi connectivity index (χ4v) is 10.3. The van der Waals surface area contributed by atoms with Crippen molar-refractivity contribution in [3.05, 3.63) is 0 Å². The molecule has 2 unspecified atom stereocenters. The van der Waals surface area contributed by atoms with Gasteiger partial charge in [0.1, 0.15) is 19.3 Å². The SMILES string of the molecule is CCCCCCCCCCCCCCC(=O)O[C@H](COC(=O)CCCCCCCCC(C)C)COP(=O)(O)OC[C@@H](O)COP(=O)(O)OC[C@@H](COC(=O)CCCCCCCCCC)OC(=O)CCCCCCCCCCC. The van der Waals surface area contributed by atoms with Crippen LogP contribution in [0.5, 0.6) is 0 Å². The quantitative estimate of drug-likeness (QED) is 0.0222. The van der Waals surface area contributed by atoms with Crippen molar-refractivity contribution in [3.8, 4) is 0 Å². The van der Waals surface area contributed by atoms with E-state index >= 15 is 0 Å². The van der Waals surface area contributed by atoms with Crippen LogP contribution in [0.2, 0.25) is 0 Å². The van der Waals surface area contributed by atoms with Gasteiger partial charge >= 0.3 is 39.5 Å². The number of rotatable bonds is 59. The van der Waals surface area contributed by atoms with Crippen molar-refractivity contribution in [2.45, 2.75) is 310 Å². The van der Waals surface area contributed by atoms with Gasteiger partial charge in [-0.25, -0.2) is 9.13 Å². The van der Waals surface area contributed by atoms with Crippen molar-refractivity contribution >= 4 is 39.5 Å². The fraction of sp³-hybridized carbons (Fsp3) is 0.932. The number of unbranched alkanes of at least 4 members (excludes halogenated alkanes) is 31. The van der Waals surface area contributed by atoms with Gasteiger partial charge in [0.05, 0.1) is 26.4 Å². The van der Waals surface area contributed by atoms with E-state index in [4.69, 9.17) is 37.0 Å². The number of aliphatic hydroxyl groups is 1. The molecule has 0 spiro atoms.